The van der Waals surface area contributed by atoms with Gasteiger partial charge in [-0.05, 0) is 62.4 Å². The van der Waals surface area contributed by atoms with Crippen LogP contribution in [-0.2, 0) is 11.2 Å². The maximum Gasteiger partial charge on any atom is 0.216 e. The van der Waals surface area contributed by atoms with Crippen molar-refractivity contribution in [1.29, 1.82) is 0 Å². The van der Waals surface area contributed by atoms with Gasteiger partial charge >= 0.3 is 0 Å². The van der Waals surface area contributed by atoms with Crippen molar-refractivity contribution >= 4 is 17.5 Å². The molecule has 1 heterocycles. The Morgan fingerprint density at radius 1 is 1.38 bits per heavy atom. The fraction of sp³-hybridized carbons (Fsp3) is 0.588. The lowest BCUT2D eigenvalue weighted by atomic mass is 9.97. The number of nitrogens with one attached hydrogen (secondary N) is 1. The van der Waals surface area contributed by atoms with E-state index >= 15 is 0 Å². The minimum absolute atomic E-state index is 0.0786. The number of amides is 1. The average Bonchev–Trinajstić information content (AvgIpc) is 2.48. The molecule has 1 N–H and O–H groups in total. The lowest BCUT2D eigenvalue weighted by molar-refractivity contribution is -0.119. The fourth-order valence-corrected chi connectivity index (χ4v) is 3.09. The van der Waals surface area contributed by atoms with Crippen LogP contribution in [0.4, 0.5) is 0 Å². The Kier molecular flexibility index (Phi) is 6.52. The molecule has 1 unspecified atom stereocenters. The smallest absolute Gasteiger partial charge is 0.216 e. The van der Waals surface area contributed by atoms with E-state index in [4.69, 9.17) is 11.6 Å². The van der Waals surface area contributed by atoms with Gasteiger partial charge in [-0.3, -0.25) is 4.79 Å². The number of benzene rings is 1. The van der Waals surface area contributed by atoms with E-state index < -0.39 is 0 Å². The standard InChI is InChI=1S/C17H25ClN2O/c1-14(21)19-12-16-5-3-11-20(13-16)10-2-4-15-6-8-17(18)9-7-15/h6-9,16H,2-5,10-13H2,1H3,(H,19,21). The third kappa shape index (κ3) is 6.06. The van der Waals surface area contributed by atoms with Gasteiger partial charge in [0.25, 0.3) is 0 Å². The minimum atomic E-state index is 0.0786. The van der Waals surface area contributed by atoms with Crippen molar-refractivity contribution < 1.29 is 4.79 Å². The first-order valence-electron chi connectivity index (χ1n) is 7.85. The first-order chi connectivity index (χ1) is 10.1. The maximum absolute atomic E-state index is 11.0. The monoisotopic (exact) mass is 308 g/mol. The van der Waals surface area contributed by atoms with Crippen LogP contribution in [0.5, 0.6) is 0 Å². The maximum atomic E-state index is 11.0. The summed E-state index contributed by atoms with van der Waals surface area (Å²) in [4.78, 5) is 13.5. The summed E-state index contributed by atoms with van der Waals surface area (Å²) >= 11 is 5.90. The molecule has 0 aliphatic carbocycles. The Hall–Kier alpha value is -1.06. The minimum Gasteiger partial charge on any atom is -0.356 e. The Bertz CT molecular complexity index is 447. The summed E-state index contributed by atoms with van der Waals surface area (Å²) in [6, 6.07) is 8.14. The second-order valence-electron chi connectivity index (χ2n) is 5.98. The second-order valence-corrected chi connectivity index (χ2v) is 6.41. The average molecular weight is 309 g/mol. The van der Waals surface area contributed by atoms with E-state index in [9.17, 15) is 4.79 Å². The van der Waals surface area contributed by atoms with Crippen molar-refractivity contribution in [3.8, 4) is 0 Å². The highest BCUT2D eigenvalue weighted by Gasteiger charge is 2.19. The number of nitrogens with zero attached hydrogens (tertiary/aromatic N) is 1. The van der Waals surface area contributed by atoms with E-state index in [1.54, 1.807) is 6.92 Å². The molecule has 21 heavy (non-hydrogen) atoms. The van der Waals surface area contributed by atoms with Gasteiger partial charge in [-0.2, -0.15) is 0 Å². The van der Waals surface area contributed by atoms with Crippen molar-refractivity contribution in [3.63, 3.8) is 0 Å². The summed E-state index contributed by atoms with van der Waals surface area (Å²) in [6.07, 6.45) is 4.75. The van der Waals surface area contributed by atoms with Gasteiger partial charge in [-0.25, -0.2) is 0 Å². The molecule has 1 aliphatic rings. The topological polar surface area (TPSA) is 32.3 Å². The molecule has 2 rings (SSSR count). The summed E-state index contributed by atoms with van der Waals surface area (Å²) in [6.45, 7) is 5.85. The van der Waals surface area contributed by atoms with Gasteiger partial charge in [0.15, 0.2) is 0 Å². The van der Waals surface area contributed by atoms with Gasteiger partial charge in [0.1, 0.15) is 0 Å². The first kappa shape index (κ1) is 16.3. The molecule has 1 aromatic rings. The highest BCUT2D eigenvalue weighted by molar-refractivity contribution is 6.30. The van der Waals surface area contributed by atoms with Gasteiger partial charge in [-0.15, -0.1) is 0 Å². The molecule has 116 valence electrons. The molecule has 1 amide bonds. The zero-order valence-corrected chi connectivity index (χ0v) is 13.5. The van der Waals surface area contributed by atoms with Crippen LogP contribution in [0.1, 0.15) is 31.7 Å². The molecule has 1 atom stereocenters. The molecular weight excluding hydrogens is 284 g/mol. The van der Waals surface area contributed by atoms with E-state index in [-0.39, 0.29) is 5.91 Å². The number of likely N-dealkylation sites (tertiary alicyclic amines) is 1. The number of hydrogen-bond donors (Lipinski definition) is 1. The Morgan fingerprint density at radius 3 is 2.86 bits per heavy atom. The number of hydrogen-bond acceptors (Lipinski definition) is 2. The Balaban J connectivity index is 1.68. The van der Waals surface area contributed by atoms with E-state index in [0.29, 0.717) is 5.92 Å². The van der Waals surface area contributed by atoms with Gasteiger partial charge in [-0.1, -0.05) is 23.7 Å². The molecule has 0 aromatic heterocycles. The highest BCUT2D eigenvalue weighted by atomic mass is 35.5. The van der Waals surface area contributed by atoms with E-state index in [2.05, 4.69) is 22.3 Å². The van der Waals surface area contributed by atoms with Crippen molar-refractivity contribution in [1.82, 2.24) is 10.2 Å². The molecule has 0 saturated carbocycles. The van der Waals surface area contributed by atoms with E-state index in [1.807, 2.05) is 12.1 Å². The van der Waals surface area contributed by atoms with Crippen LogP contribution in [0, 0.1) is 5.92 Å². The molecule has 1 saturated heterocycles. The van der Waals surface area contributed by atoms with Gasteiger partial charge in [0.2, 0.25) is 5.91 Å². The van der Waals surface area contributed by atoms with Crippen LogP contribution in [-0.4, -0.2) is 37.0 Å². The molecule has 3 nitrogen and oxygen atoms in total. The fourth-order valence-electron chi connectivity index (χ4n) is 2.97. The second kappa shape index (κ2) is 8.40. The van der Waals surface area contributed by atoms with E-state index in [1.165, 1.54) is 31.4 Å². The van der Waals surface area contributed by atoms with Crippen molar-refractivity contribution in [2.45, 2.75) is 32.6 Å². The normalized spacial score (nSPS) is 19.4. The molecule has 4 heteroatoms. The third-order valence-corrected chi connectivity index (χ3v) is 4.35. The predicted molar refractivity (Wildman–Crippen MR) is 87.6 cm³/mol. The number of piperidine rings is 1. The third-order valence-electron chi connectivity index (χ3n) is 4.10. The van der Waals surface area contributed by atoms with Crippen molar-refractivity contribution in [2.24, 2.45) is 5.92 Å². The Labute approximate surface area is 132 Å². The summed E-state index contributed by atoms with van der Waals surface area (Å²) in [5.41, 5.74) is 1.35. The van der Waals surface area contributed by atoms with Crippen molar-refractivity contribution in [3.05, 3.63) is 34.9 Å². The summed E-state index contributed by atoms with van der Waals surface area (Å²) in [7, 11) is 0. The first-order valence-corrected chi connectivity index (χ1v) is 8.22. The molecule has 0 bridgehead atoms. The summed E-state index contributed by atoms with van der Waals surface area (Å²) in [5.74, 6) is 0.688. The highest BCUT2D eigenvalue weighted by Crippen LogP contribution is 2.17. The number of halogens is 1. The molecule has 1 aromatic carbocycles. The largest absolute Gasteiger partial charge is 0.356 e. The zero-order chi connectivity index (χ0) is 15.1. The lowest BCUT2D eigenvalue weighted by Crippen LogP contribution is -2.40. The van der Waals surface area contributed by atoms with Crippen LogP contribution in [0.3, 0.4) is 0 Å². The van der Waals surface area contributed by atoms with Crippen LogP contribution < -0.4 is 5.32 Å². The number of carbonyl (C=O) groups excluding carboxylic acids is 1. The van der Waals surface area contributed by atoms with E-state index in [0.717, 1.165) is 31.1 Å². The number of aryl methyl sites for hydroxylation is 1. The number of carbonyl (C=O) groups is 1. The van der Waals surface area contributed by atoms with Crippen LogP contribution in [0.2, 0.25) is 5.02 Å². The molecule has 1 aliphatic heterocycles. The van der Waals surface area contributed by atoms with Gasteiger partial charge < -0.3 is 10.2 Å². The van der Waals surface area contributed by atoms with Crippen LogP contribution in [0.15, 0.2) is 24.3 Å². The predicted octanol–water partition coefficient (Wildman–Crippen LogP) is 3.12. The summed E-state index contributed by atoms with van der Waals surface area (Å²) < 4.78 is 0. The molecule has 1 fully saturated rings. The Morgan fingerprint density at radius 2 is 2.14 bits per heavy atom. The zero-order valence-electron chi connectivity index (χ0n) is 12.8. The van der Waals surface area contributed by atoms with Gasteiger partial charge in [0, 0.05) is 25.0 Å². The van der Waals surface area contributed by atoms with Crippen LogP contribution >= 0.6 is 11.6 Å². The summed E-state index contributed by atoms with van der Waals surface area (Å²) in [5, 5.41) is 3.75. The molecule has 0 spiro atoms. The quantitative estimate of drug-likeness (QED) is 0.875. The van der Waals surface area contributed by atoms with Crippen LogP contribution in [0.25, 0.3) is 0 Å². The molecule has 0 radical (unpaired) electrons. The lowest BCUT2D eigenvalue weighted by Gasteiger charge is -2.32. The number of rotatable bonds is 6. The molecular formula is C17H25ClN2O. The SMILES string of the molecule is CC(=O)NCC1CCCN(CCCc2ccc(Cl)cc2)C1. The van der Waals surface area contributed by atoms with Crippen molar-refractivity contribution in [2.75, 3.05) is 26.2 Å². The van der Waals surface area contributed by atoms with Gasteiger partial charge in [0.05, 0.1) is 0 Å².